The molecule has 0 atom stereocenters. The van der Waals surface area contributed by atoms with Gasteiger partial charge >= 0.3 is 6.18 Å². The number of hydrogen-bond donors (Lipinski definition) is 0. The summed E-state index contributed by atoms with van der Waals surface area (Å²) in [5.41, 5.74) is -1.00. The summed E-state index contributed by atoms with van der Waals surface area (Å²) < 4.78 is 61.9. The molecule has 0 fully saturated rings. The van der Waals surface area contributed by atoms with Gasteiger partial charge in [-0.2, -0.15) is 13.2 Å². The van der Waals surface area contributed by atoms with Crippen LogP contribution in [0.15, 0.2) is 58.6 Å². The first-order valence-corrected chi connectivity index (χ1v) is 6.62. The molecule has 0 aliphatic heterocycles. The van der Waals surface area contributed by atoms with Crippen molar-refractivity contribution in [1.82, 2.24) is 4.98 Å². The summed E-state index contributed by atoms with van der Waals surface area (Å²) in [6, 6.07) is 6.30. The van der Waals surface area contributed by atoms with Gasteiger partial charge in [-0.15, -0.1) is 0 Å². The lowest BCUT2D eigenvalue weighted by Crippen LogP contribution is -2.08. The fourth-order valence-corrected chi connectivity index (χ4v) is 2.75. The van der Waals surface area contributed by atoms with Crippen molar-refractivity contribution < 1.29 is 21.6 Å². The smallest absolute Gasteiger partial charge is 0.263 e. The third-order valence-electron chi connectivity index (χ3n) is 2.42. The predicted octanol–water partition coefficient (Wildman–Crippen LogP) is 2.93. The Morgan fingerprint density at radius 2 is 1.68 bits per heavy atom. The third-order valence-corrected chi connectivity index (χ3v) is 4.15. The van der Waals surface area contributed by atoms with Gasteiger partial charge in [0.15, 0.2) is 0 Å². The van der Waals surface area contributed by atoms with E-state index >= 15 is 0 Å². The fraction of sp³-hybridized carbons (Fsp3) is 0.0833. The normalized spacial score (nSPS) is 12.4. The molecule has 7 heteroatoms. The summed E-state index contributed by atoms with van der Waals surface area (Å²) in [5.74, 6) is 0. The van der Waals surface area contributed by atoms with Crippen LogP contribution in [0, 0.1) is 0 Å². The predicted molar refractivity (Wildman–Crippen MR) is 61.1 cm³/mol. The highest BCUT2D eigenvalue weighted by molar-refractivity contribution is 7.91. The van der Waals surface area contributed by atoms with Crippen molar-refractivity contribution in [3.8, 4) is 0 Å². The molecule has 3 nitrogen and oxygen atoms in total. The molecule has 0 aliphatic rings. The number of sulfone groups is 1. The van der Waals surface area contributed by atoms with Crippen LogP contribution in [0.3, 0.4) is 0 Å². The molecule has 1 aromatic carbocycles. The second kappa shape index (κ2) is 4.65. The van der Waals surface area contributed by atoms with Gasteiger partial charge in [0.2, 0.25) is 9.84 Å². The average Bonchev–Trinajstić information content (AvgIpc) is 2.39. The minimum absolute atomic E-state index is 0.144. The van der Waals surface area contributed by atoms with Crippen molar-refractivity contribution in [2.45, 2.75) is 16.0 Å². The maximum Gasteiger partial charge on any atom is 0.416 e. The SMILES string of the molecule is O=S(=O)(c1cccnc1)c1cccc(C(F)(F)F)c1. The molecule has 0 saturated heterocycles. The lowest BCUT2D eigenvalue weighted by atomic mass is 10.2. The molecule has 2 aromatic rings. The maximum absolute atomic E-state index is 12.6. The van der Waals surface area contributed by atoms with Gasteiger partial charge in [0.1, 0.15) is 0 Å². The van der Waals surface area contributed by atoms with Crippen LogP contribution in [0.1, 0.15) is 5.56 Å². The molecule has 0 saturated carbocycles. The van der Waals surface area contributed by atoms with E-state index < -0.39 is 26.5 Å². The molecule has 2 rings (SSSR count). The fourth-order valence-electron chi connectivity index (χ4n) is 1.48. The van der Waals surface area contributed by atoms with Gasteiger partial charge in [0.25, 0.3) is 0 Å². The lowest BCUT2D eigenvalue weighted by Gasteiger charge is -2.09. The highest BCUT2D eigenvalue weighted by Crippen LogP contribution is 2.31. The van der Waals surface area contributed by atoms with E-state index in [2.05, 4.69) is 4.98 Å². The molecule has 0 bridgehead atoms. The molecule has 0 N–H and O–H groups in total. The van der Waals surface area contributed by atoms with Crippen molar-refractivity contribution in [2.75, 3.05) is 0 Å². The van der Waals surface area contributed by atoms with E-state index in [0.717, 1.165) is 24.4 Å². The average molecular weight is 287 g/mol. The van der Waals surface area contributed by atoms with Crippen LogP contribution in [0.2, 0.25) is 0 Å². The van der Waals surface area contributed by atoms with E-state index in [0.29, 0.717) is 6.07 Å². The van der Waals surface area contributed by atoms with Crippen LogP contribution in [-0.2, 0) is 16.0 Å². The summed E-state index contributed by atoms with van der Waals surface area (Å²) in [7, 11) is -3.98. The monoisotopic (exact) mass is 287 g/mol. The largest absolute Gasteiger partial charge is 0.416 e. The second-order valence-electron chi connectivity index (χ2n) is 3.72. The Hall–Kier alpha value is -1.89. The number of alkyl halides is 3. The van der Waals surface area contributed by atoms with Crippen molar-refractivity contribution >= 4 is 9.84 Å². The van der Waals surface area contributed by atoms with E-state index in [1.54, 1.807) is 0 Å². The Bertz CT molecular complexity index is 682. The first kappa shape index (κ1) is 13.5. The number of hydrogen-bond acceptors (Lipinski definition) is 3. The topological polar surface area (TPSA) is 47.0 Å². The molecular weight excluding hydrogens is 279 g/mol. The van der Waals surface area contributed by atoms with Crippen molar-refractivity contribution in [2.24, 2.45) is 0 Å². The Morgan fingerprint density at radius 1 is 1.00 bits per heavy atom. The van der Waals surface area contributed by atoms with Crippen LogP contribution in [0.4, 0.5) is 13.2 Å². The van der Waals surface area contributed by atoms with Crippen molar-refractivity contribution in [1.29, 1.82) is 0 Å². The maximum atomic E-state index is 12.6. The Labute approximate surface area is 107 Å². The van der Waals surface area contributed by atoms with Gasteiger partial charge in [-0.3, -0.25) is 4.98 Å². The summed E-state index contributed by atoms with van der Waals surface area (Å²) in [5, 5.41) is 0. The number of nitrogens with zero attached hydrogens (tertiary/aromatic N) is 1. The number of halogens is 3. The van der Waals surface area contributed by atoms with Crippen LogP contribution >= 0.6 is 0 Å². The van der Waals surface area contributed by atoms with E-state index in [4.69, 9.17) is 0 Å². The van der Waals surface area contributed by atoms with Crippen LogP contribution in [-0.4, -0.2) is 13.4 Å². The van der Waals surface area contributed by atoms with Gasteiger partial charge in [-0.05, 0) is 30.3 Å². The van der Waals surface area contributed by atoms with Gasteiger partial charge < -0.3 is 0 Å². The zero-order valence-corrected chi connectivity index (χ0v) is 10.2. The molecule has 19 heavy (non-hydrogen) atoms. The molecule has 0 unspecified atom stereocenters. The quantitative estimate of drug-likeness (QED) is 0.853. The summed E-state index contributed by atoms with van der Waals surface area (Å²) in [6.45, 7) is 0. The number of aromatic nitrogens is 1. The second-order valence-corrected chi connectivity index (χ2v) is 5.67. The van der Waals surface area contributed by atoms with Crippen LogP contribution < -0.4 is 0 Å². The molecule has 0 aliphatic carbocycles. The van der Waals surface area contributed by atoms with Crippen molar-refractivity contribution in [3.63, 3.8) is 0 Å². The number of benzene rings is 1. The summed E-state index contributed by atoms with van der Waals surface area (Å²) in [4.78, 5) is 3.10. The molecule has 1 aromatic heterocycles. The molecule has 1 heterocycles. The van der Waals surface area contributed by atoms with E-state index in [9.17, 15) is 21.6 Å². The van der Waals surface area contributed by atoms with Crippen molar-refractivity contribution in [3.05, 3.63) is 54.4 Å². The minimum atomic E-state index is -4.58. The summed E-state index contributed by atoms with van der Waals surface area (Å²) in [6.07, 6.45) is -2.11. The number of rotatable bonds is 2. The Balaban J connectivity index is 2.54. The third kappa shape index (κ3) is 2.76. The molecule has 0 amide bonds. The highest BCUT2D eigenvalue weighted by atomic mass is 32.2. The first-order valence-electron chi connectivity index (χ1n) is 5.14. The molecular formula is C12H8F3NO2S. The van der Waals surface area contributed by atoms with E-state index in [1.165, 1.54) is 18.3 Å². The van der Waals surface area contributed by atoms with Crippen LogP contribution in [0.5, 0.6) is 0 Å². The molecule has 0 spiro atoms. The minimum Gasteiger partial charge on any atom is -0.263 e. The van der Waals surface area contributed by atoms with E-state index in [-0.39, 0.29) is 4.90 Å². The van der Waals surface area contributed by atoms with Gasteiger partial charge in [-0.1, -0.05) is 6.07 Å². The molecule has 100 valence electrons. The van der Waals surface area contributed by atoms with Gasteiger partial charge in [0, 0.05) is 12.4 Å². The zero-order valence-electron chi connectivity index (χ0n) is 9.42. The first-order chi connectivity index (χ1) is 8.82. The highest BCUT2D eigenvalue weighted by Gasteiger charge is 2.31. The lowest BCUT2D eigenvalue weighted by molar-refractivity contribution is -0.137. The molecule has 0 radical (unpaired) electrons. The standard InChI is InChI=1S/C12H8F3NO2S/c13-12(14,15)9-3-1-4-10(7-9)19(17,18)11-5-2-6-16-8-11/h1-8H. The summed E-state index contributed by atoms with van der Waals surface area (Å²) >= 11 is 0. The van der Waals surface area contributed by atoms with Gasteiger partial charge in [0.05, 0.1) is 15.4 Å². The van der Waals surface area contributed by atoms with E-state index in [1.807, 2.05) is 0 Å². The Morgan fingerprint density at radius 3 is 2.26 bits per heavy atom. The van der Waals surface area contributed by atoms with Gasteiger partial charge in [-0.25, -0.2) is 8.42 Å². The Kier molecular flexibility index (Phi) is 3.32. The number of pyridine rings is 1. The van der Waals surface area contributed by atoms with Crippen LogP contribution in [0.25, 0.3) is 0 Å². The zero-order chi connectivity index (χ0) is 14.1.